The molecule has 0 saturated carbocycles. The first-order valence-corrected chi connectivity index (χ1v) is 9.13. The van der Waals surface area contributed by atoms with Crippen LogP contribution in [-0.2, 0) is 12.8 Å². The third-order valence-corrected chi connectivity index (χ3v) is 6.11. The van der Waals surface area contributed by atoms with Gasteiger partial charge in [0.2, 0.25) is 0 Å². The zero-order chi connectivity index (χ0) is 14.6. The van der Waals surface area contributed by atoms with Gasteiger partial charge in [0.05, 0.1) is 5.39 Å². The zero-order valence-corrected chi connectivity index (χ0v) is 14.1. The molecular weight excluding hydrogens is 300 g/mol. The largest absolute Gasteiger partial charge is 0.214 e. The van der Waals surface area contributed by atoms with Gasteiger partial charge in [-0.3, -0.25) is 0 Å². The maximum atomic E-state index is 4.89. The summed E-state index contributed by atoms with van der Waals surface area (Å²) < 4.78 is 1.92. The van der Waals surface area contributed by atoms with E-state index in [4.69, 9.17) is 4.98 Å². The molecule has 1 aliphatic rings. The summed E-state index contributed by atoms with van der Waals surface area (Å²) in [5.74, 6) is 0.753. The van der Waals surface area contributed by atoms with Crippen LogP contribution >= 0.6 is 23.1 Å². The number of thiophene rings is 1. The Hall–Kier alpha value is -1.14. The highest BCUT2D eigenvalue weighted by molar-refractivity contribution is 7.99. The summed E-state index contributed by atoms with van der Waals surface area (Å²) >= 11 is 3.61. The third-order valence-electron chi connectivity index (χ3n) is 3.98. The highest BCUT2D eigenvalue weighted by Gasteiger charge is 2.24. The minimum atomic E-state index is 0.483. The number of thioether (sulfide) groups is 1. The van der Waals surface area contributed by atoms with E-state index in [0.29, 0.717) is 5.25 Å². The van der Waals surface area contributed by atoms with Gasteiger partial charge in [-0.25, -0.2) is 9.97 Å². The van der Waals surface area contributed by atoms with E-state index in [-0.39, 0.29) is 0 Å². The zero-order valence-electron chi connectivity index (χ0n) is 12.5. The number of aromatic nitrogens is 4. The molecule has 4 rings (SSSR count). The van der Waals surface area contributed by atoms with E-state index < -0.39 is 0 Å². The number of nitrogens with zero attached hydrogens (tertiary/aromatic N) is 4. The Morgan fingerprint density at radius 1 is 1.43 bits per heavy atom. The lowest BCUT2D eigenvalue weighted by Gasteiger charge is -2.17. The van der Waals surface area contributed by atoms with Gasteiger partial charge in [-0.15, -0.1) is 11.3 Å². The number of hydrogen-bond donors (Lipinski definition) is 0. The van der Waals surface area contributed by atoms with Gasteiger partial charge in [0, 0.05) is 10.1 Å². The molecule has 0 amide bonds. The molecule has 0 saturated heterocycles. The molecule has 0 N–H and O–H groups in total. The molecule has 0 radical (unpaired) electrons. The number of fused-ring (bicyclic) bond motifs is 5. The highest BCUT2D eigenvalue weighted by Crippen LogP contribution is 2.39. The fourth-order valence-electron chi connectivity index (χ4n) is 3.03. The molecule has 110 valence electrons. The Balaban J connectivity index is 2.01. The Bertz CT molecular complexity index is 818. The lowest BCUT2D eigenvalue weighted by Crippen LogP contribution is -2.09. The van der Waals surface area contributed by atoms with E-state index in [9.17, 15) is 0 Å². The standard InChI is InChI=1S/C15H18N4S2/c1-8(2)20-15-18-14-12(13-16-7-17-19(13)15)10-6-9(3)4-5-11(10)21-14/h7-9H,4-6H2,1-3H3/t9-/m1/s1. The van der Waals surface area contributed by atoms with Crippen molar-refractivity contribution in [3.8, 4) is 0 Å². The molecule has 0 aliphatic heterocycles. The molecule has 3 aromatic rings. The van der Waals surface area contributed by atoms with E-state index in [2.05, 4.69) is 30.9 Å². The van der Waals surface area contributed by atoms with E-state index >= 15 is 0 Å². The van der Waals surface area contributed by atoms with Gasteiger partial charge in [0.25, 0.3) is 0 Å². The maximum Gasteiger partial charge on any atom is 0.192 e. The SMILES string of the molecule is CC(C)Sc1nc2sc3c(c2c2ncnn12)C[C@H](C)CC3. The van der Waals surface area contributed by atoms with Crippen LogP contribution in [0.4, 0.5) is 0 Å². The number of aryl methyl sites for hydroxylation is 1. The van der Waals surface area contributed by atoms with Gasteiger partial charge >= 0.3 is 0 Å². The summed E-state index contributed by atoms with van der Waals surface area (Å²) in [7, 11) is 0. The fraction of sp³-hybridized carbons (Fsp3) is 0.533. The lowest BCUT2D eigenvalue weighted by atomic mass is 9.89. The summed E-state index contributed by atoms with van der Waals surface area (Å²) in [4.78, 5) is 12.1. The van der Waals surface area contributed by atoms with Crippen LogP contribution in [0.1, 0.15) is 37.6 Å². The smallest absolute Gasteiger partial charge is 0.192 e. The molecule has 4 nitrogen and oxygen atoms in total. The van der Waals surface area contributed by atoms with Crippen LogP contribution in [0.15, 0.2) is 11.5 Å². The third kappa shape index (κ3) is 2.16. The second-order valence-electron chi connectivity index (χ2n) is 6.09. The molecule has 6 heteroatoms. The Morgan fingerprint density at radius 3 is 3.10 bits per heavy atom. The van der Waals surface area contributed by atoms with Crippen LogP contribution in [0, 0.1) is 5.92 Å². The lowest BCUT2D eigenvalue weighted by molar-refractivity contribution is 0.508. The van der Waals surface area contributed by atoms with Crippen molar-refractivity contribution in [1.29, 1.82) is 0 Å². The Labute approximate surface area is 132 Å². The fourth-order valence-corrected chi connectivity index (χ4v) is 5.09. The van der Waals surface area contributed by atoms with Crippen molar-refractivity contribution in [2.24, 2.45) is 5.92 Å². The highest BCUT2D eigenvalue weighted by atomic mass is 32.2. The molecule has 3 heterocycles. The maximum absolute atomic E-state index is 4.89. The summed E-state index contributed by atoms with van der Waals surface area (Å²) in [6, 6.07) is 0. The van der Waals surface area contributed by atoms with Crippen LogP contribution in [0.25, 0.3) is 15.9 Å². The van der Waals surface area contributed by atoms with Crippen molar-refractivity contribution < 1.29 is 0 Å². The van der Waals surface area contributed by atoms with Gasteiger partial charge in [-0.2, -0.15) is 9.61 Å². The Kier molecular flexibility index (Phi) is 3.19. The summed E-state index contributed by atoms with van der Waals surface area (Å²) in [6.07, 6.45) is 5.27. The first kappa shape index (κ1) is 13.5. The molecule has 0 bridgehead atoms. The molecule has 1 atom stereocenters. The monoisotopic (exact) mass is 318 g/mol. The average Bonchev–Trinajstić information content (AvgIpc) is 3.01. The first-order chi connectivity index (χ1) is 10.1. The van der Waals surface area contributed by atoms with Crippen LogP contribution in [-0.4, -0.2) is 24.8 Å². The van der Waals surface area contributed by atoms with Crippen LogP contribution in [0.2, 0.25) is 0 Å². The first-order valence-electron chi connectivity index (χ1n) is 7.44. The van der Waals surface area contributed by atoms with Crippen molar-refractivity contribution in [3.63, 3.8) is 0 Å². The molecular formula is C15H18N4S2. The van der Waals surface area contributed by atoms with Crippen LogP contribution in [0.3, 0.4) is 0 Å². The predicted octanol–water partition coefficient (Wildman–Crippen LogP) is 3.96. The van der Waals surface area contributed by atoms with Crippen molar-refractivity contribution in [1.82, 2.24) is 19.6 Å². The van der Waals surface area contributed by atoms with Crippen molar-refractivity contribution in [3.05, 3.63) is 16.8 Å². The average molecular weight is 318 g/mol. The minimum Gasteiger partial charge on any atom is -0.214 e. The topological polar surface area (TPSA) is 43.1 Å². The van der Waals surface area contributed by atoms with E-state index in [0.717, 1.165) is 28.0 Å². The molecule has 21 heavy (non-hydrogen) atoms. The van der Waals surface area contributed by atoms with Gasteiger partial charge in [-0.1, -0.05) is 32.5 Å². The van der Waals surface area contributed by atoms with Crippen molar-refractivity contribution >= 4 is 39.0 Å². The van der Waals surface area contributed by atoms with E-state index in [1.54, 1.807) is 18.1 Å². The summed E-state index contributed by atoms with van der Waals surface area (Å²) in [6.45, 7) is 6.70. The molecule has 0 unspecified atom stereocenters. The Morgan fingerprint density at radius 2 is 2.29 bits per heavy atom. The number of hydrogen-bond acceptors (Lipinski definition) is 5. The van der Waals surface area contributed by atoms with Gasteiger partial charge in [-0.05, 0) is 30.7 Å². The molecule has 0 fully saturated rings. The van der Waals surface area contributed by atoms with Crippen molar-refractivity contribution in [2.45, 2.75) is 50.4 Å². The van der Waals surface area contributed by atoms with E-state index in [1.165, 1.54) is 28.7 Å². The molecule has 0 spiro atoms. The van der Waals surface area contributed by atoms with E-state index in [1.807, 2.05) is 15.9 Å². The summed E-state index contributed by atoms with van der Waals surface area (Å²) in [5, 5.41) is 7.08. The molecule has 1 aliphatic carbocycles. The second-order valence-corrected chi connectivity index (χ2v) is 8.72. The predicted molar refractivity (Wildman–Crippen MR) is 88.3 cm³/mol. The number of rotatable bonds is 2. The molecule has 0 aromatic carbocycles. The van der Waals surface area contributed by atoms with Crippen LogP contribution < -0.4 is 0 Å². The van der Waals surface area contributed by atoms with Crippen molar-refractivity contribution in [2.75, 3.05) is 0 Å². The summed E-state index contributed by atoms with van der Waals surface area (Å²) in [5.41, 5.74) is 2.45. The minimum absolute atomic E-state index is 0.483. The molecule has 3 aromatic heterocycles. The van der Waals surface area contributed by atoms with Crippen LogP contribution in [0.5, 0.6) is 0 Å². The van der Waals surface area contributed by atoms with Gasteiger partial charge < -0.3 is 0 Å². The van der Waals surface area contributed by atoms with Gasteiger partial charge in [0.15, 0.2) is 10.8 Å². The second kappa shape index (κ2) is 4.95. The normalized spacial score (nSPS) is 18.8. The van der Waals surface area contributed by atoms with Gasteiger partial charge in [0.1, 0.15) is 11.2 Å². The quantitative estimate of drug-likeness (QED) is 0.530.